The van der Waals surface area contributed by atoms with Crippen LogP contribution in [0.4, 0.5) is 5.69 Å². The van der Waals surface area contributed by atoms with Crippen molar-refractivity contribution in [2.45, 2.75) is 76.7 Å². The average molecular weight is 579 g/mol. The number of ether oxygens (including phenoxy) is 2. The van der Waals surface area contributed by atoms with Crippen LogP contribution in [0.25, 0.3) is 22.6 Å². The summed E-state index contributed by atoms with van der Waals surface area (Å²) >= 11 is 0. The van der Waals surface area contributed by atoms with Crippen LogP contribution in [0.3, 0.4) is 0 Å². The van der Waals surface area contributed by atoms with Crippen molar-refractivity contribution in [2.75, 3.05) is 6.54 Å². The quantitative estimate of drug-likeness (QED) is 0.0855. The second-order valence-corrected chi connectivity index (χ2v) is 10.2. The van der Waals surface area contributed by atoms with Crippen molar-refractivity contribution in [2.24, 2.45) is 5.11 Å². The van der Waals surface area contributed by atoms with E-state index < -0.39 is 30.3 Å². The number of carbonyl (C=O) groups excluding carboxylic acids is 2. The highest BCUT2D eigenvalue weighted by Crippen LogP contribution is 2.27. The lowest BCUT2D eigenvalue weighted by atomic mass is 10.0. The Bertz CT molecular complexity index is 1240. The molecule has 0 spiro atoms. The van der Waals surface area contributed by atoms with Gasteiger partial charge >= 0.3 is 0 Å². The van der Waals surface area contributed by atoms with Gasteiger partial charge in [0.25, 0.3) is 5.91 Å². The Hall–Kier alpha value is -4.06. The summed E-state index contributed by atoms with van der Waals surface area (Å²) in [7, 11) is 0. The first-order chi connectivity index (χ1) is 20.2. The molecule has 4 unspecified atom stereocenters. The van der Waals surface area contributed by atoms with E-state index >= 15 is 0 Å². The molecule has 2 amide bonds. The number of aliphatic hydroxyl groups excluding tert-OH is 2. The number of azide groups is 1. The summed E-state index contributed by atoms with van der Waals surface area (Å²) in [5.41, 5.74) is 10.4. The van der Waals surface area contributed by atoms with Gasteiger partial charge in [-0.3, -0.25) is 14.6 Å². The third kappa shape index (κ3) is 11.8. The number of nitrogens with zero attached hydrogens (tertiary/aromatic N) is 4. The second-order valence-electron chi connectivity index (χ2n) is 10.2. The zero-order valence-corrected chi connectivity index (χ0v) is 23.8. The molecule has 1 saturated heterocycles. The van der Waals surface area contributed by atoms with Crippen molar-refractivity contribution >= 4 is 29.7 Å². The molecule has 1 aromatic carbocycles. The zero-order chi connectivity index (χ0) is 30.3. The largest absolute Gasteiger partial charge is 0.393 e. The molecule has 42 heavy (non-hydrogen) atoms. The van der Waals surface area contributed by atoms with Crippen molar-refractivity contribution in [1.29, 1.82) is 0 Å². The minimum atomic E-state index is -0.515. The monoisotopic (exact) mass is 578 g/mol. The molecule has 0 bridgehead atoms. The first-order valence-corrected chi connectivity index (χ1v) is 13.9. The maximum Gasteiger partial charge on any atom is 0.267 e. The molecule has 4 atom stereocenters. The number of hydrogen-bond donors (Lipinski definition) is 4. The van der Waals surface area contributed by atoms with Crippen LogP contribution in [-0.2, 0) is 19.1 Å². The van der Waals surface area contributed by atoms with Crippen molar-refractivity contribution in [3.63, 3.8) is 0 Å². The van der Waals surface area contributed by atoms with Gasteiger partial charge in [0, 0.05) is 48.5 Å². The number of aliphatic hydroxyl groups is 2. The minimum absolute atomic E-state index is 0.0514. The molecule has 12 nitrogen and oxygen atoms in total. The van der Waals surface area contributed by atoms with Gasteiger partial charge in [0.2, 0.25) is 5.91 Å². The number of benzene rings is 1. The Morgan fingerprint density at radius 3 is 2.40 bits per heavy atom. The van der Waals surface area contributed by atoms with Crippen LogP contribution >= 0.6 is 0 Å². The summed E-state index contributed by atoms with van der Waals surface area (Å²) in [5, 5.41) is 28.6. The van der Waals surface area contributed by atoms with E-state index in [1.807, 2.05) is 0 Å². The van der Waals surface area contributed by atoms with Gasteiger partial charge < -0.3 is 30.3 Å². The number of aromatic nitrogens is 1. The normalized spacial score (nSPS) is 20.4. The van der Waals surface area contributed by atoms with E-state index in [0.717, 1.165) is 0 Å². The van der Waals surface area contributed by atoms with E-state index in [1.54, 1.807) is 68.7 Å². The molecular weight excluding hydrogens is 540 g/mol. The molecule has 224 valence electrons. The van der Waals surface area contributed by atoms with Crippen LogP contribution in [-0.4, -0.2) is 64.3 Å². The summed E-state index contributed by atoms with van der Waals surface area (Å²) in [4.78, 5) is 32.5. The average Bonchev–Trinajstić information content (AvgIpc) is 2.94. The maximum atomic E-state index is 13.1. The van der Waals surface area contributed by atoms with Crippen LogP contribution in [0.15, 0.2) is 65.7 Å². The number of amides is 2. The molecule has 1 aliphatic heterocycles. The summed E-state index contributed by atoms with van der Waals surface area (Å²) in [6, 6.07) is 10.1. The van der Waals surface area contributed by atoms with E-state index in [9.17, 15) is 19.8 Å². The van der Waals surface area contributed by atoms with Crippen LogP contribution in [0.1, 0.15) is 57.1 Å². The third-order valence-electron chi connectivity index (χ3n) is 6.30. The van der Waals surface area contributed by atoms with Gasteiger partial charge in [0.1, 0.15) is 5.70 Å². The molecule has 4 N–H and O–H groups in total. The highest BCUT2D eigenvalue weighted by atomic mass is 16.7. The number of carbonyl (C=O) groups is 2. The van der Waals surface area contributed by atoms with Gasteiger partial charge in [-0.1, -0.05) is 35.4 Å². The Labute approximate surface area is 245 Å². The summed E-state index contributed by atoms with van der Waals surface area (Å²) in [6.07, 6.45) is 8.30. The Morgan fingerprint density at radius 2 is 1.81 bits per heavy atom. The number of rotatable bonds is 14. The van der Waals surface area contributed by atoms with Gasteiger partial charge in [-0.15, -0.1) is 0 Å². The lowest BCUT2D eigenvalue weighted by Crippen LogP contribution is -2.41. The predicted octanol–water partition coefficient (Wildman–Crippen LogP) is 4.13. The fourth-order valence-electron chi connectivity index (χ4n) is 4.47. The predicted molar refractivity (Wildman–Crippen MR) is 158 cm³/mol. The van der Waals surface area contributed by atoms with E-state index in [0.29, 0.717) is 55.5 Å². The highest BCUT2D eigenvalue weighted by molar-refractivity contribution is 6.04. The van der Waals surface area contributed by atoms with E-state index in [2.05, 4.69) is 25.6 Å². The van der Waals surface area contributed by atoms with Gasteiger partial charge in [-0.05, 0) is 68.0 Å². The molecule has 3 rings (SSSR count). The fourth-order valence-corrected chi connectivity index (χ4v) is 4.47. The molecule has 0 saturated carbocycles. The maximum absolute atomic E-state index is 13.1. The number of nitrogens with one attached hydrogen (secondary N) is 2. The van der Waals surface area contributed by atoms with Crippen molar-refractivity contribution < 1.29 is 29.3 Å². The van der Waals surface area contributed by atoms with Crippen molar-refractivity contribution in [3.05, 3.63) is 82.1 Å². The van der Waals surface area contributed by atoms with E-state index in [-0.39, 0.29) is 17.9 Å². The van der Waals surface area contributed by atoms with Crippen LogP contribution in [0, 0.1) is 0 Å². The van der Waals surface area contributed by atoms with Gasteiger partial charge in [-0.2, -0.15) is 0 Å². The standard InChI is InChI=1S/C30H38N6O6/c1-20(37)15-25-18-26(16-21(2)38)42-29(41-25)6-4-14-33-30(40)27(17-23-5-3-13-32-19-23)34-28(39)12-9-22-7-10-24(11-8-22)35-36-31/h3,5,7-13,17,19-21,25-26,29,37-38H,4,6,14-16,18H2,1-2H3,(H,33,40)(H,34,39)/b12-9?,27-17-. The fraction of sp³-hybridized carbons (Fsp3) is 0.433. The first kappa shape index (κ1) is 32.5. The van der Waals surface area contributed by atoms with E-state index in [4.69, 9.17) is 15.0 Å². The Kier molecular flexibility index (Phi) is 13.2. The topological polar surface area (TPSA) is 179 Å². The van der Waals surface area contributed by atoms with Gasteiger partial charge in [0.05, 0.1) is 24.4 Å². The smallest absolute Gasteiger partial charge is 0.267 e. The summed E-state index contributed by atoms with van der Waals surface area (Å²) < 4.78 is 12.0. The number of pyridine rings is 1. The number of hydrogen-bond acceptors (Lipinski definition) is 8. The van der Waals surface area contributed by atoms with Gasteiger partial charge in [-0.25, -0.2) is 0 Å². The summed E-state index contributed by atoms with van der Waals surface area (Å²) in [6.45, 7) is 3.73. The van der Waals surface area contributed by atoms with Crippen molar-refractivity contribution in [1.82, 2.24) is 15.6 Å². The van der Waals surface area contributed by atoms with Crippen molar-refractivity contribution in [3.8, 4) is 0 Å². The molecular formula is C30H38N6O6. The molecule has 1 aliphatic rings. The van der Waals surface area contributed by atoms with Crippen LogP contribution < -0.4 is 10.6 Å². The molecule has 0 aliphatic carbocycles. The molecule has 12 heteroatoms. The first-order valence-electron chi connectivity index (χ1n) is 13.9. The molecule has 1 aromatic heterocycles. The van der Waals surface area contributed by atoms with Crippen LogP contribution in [0.5, 0.6) is 0 Å². The van der Waals surface area contributed by atoms with Crippen LogP contribution in [0.2, 0.25) is 0 Å². The molecule has 1 fully saturated rings. The zero-order valence-electron chi connectivity index (χ0n) is 23.8. The lowest BCUT2D eigenvalue weighted by Gasteiger charge is -2.37. The van der Waals surface area contributed by atoms with E-state index in [1.165, 1.54) is 12.2 Å². The minimum Gasteiger partial charge on any atom is -0.393 e. The Morgan fingerprint density at radius 1 is 1.12 bits per heavy atom. The van der Waals surface area contributed by atoms with Gasteiger partial charge in [0.15, 0.2) is 6.29 Å². The highest BCUT2D eigenvalue weighted by Gasteiger charge is 2.31. The summed E-state index contributed by atoms with van der Waals surface area (Å²) in [5.74, 6) is -0.972. The Balaban J connectivity index is 1.58. The lowest BCUT2D eigenvalue weighted by molar-refractivity contribution is -0.252. The second kappa shape index (κ2) is 17.0. The third-order valence-corrected chi connectivity index (χ3v) is 6.30. The molecule has 2 heterocycles. The molecule has 2 aromatic rings. The SMILES string of the molecule is CC(O)CC1CC(CC(C)O)OC(CCCNC(=O)/C(=C/c2cccnc2)NC(=O)C=Cc2ccc(N=[N+]=[N-])cc2)O1. The molecule has 0 radical (unpaired) electrons.